The topological polar surface area (TPSA) is 43.8 Å². The van der Waals surface area contributed by atoms with Crippen molar-refractivity contribution in [3.05, 3.63) is 17.4 Å². The highest BCUT2D eigenvalue weighted by Gasteiger charge is 2.21. The monoisotopic (exact) mass is 213 g/mol. The lowest BCUT2D eigenvalue weighted by atomic mass is 9.86. The molecule has 0 saturated heterocycles. The molecule has 4 heteroatoms. The van der Waals surface area contributed by atoms with Gasteiger partial charge in [0.2, 0.25) is 0 Å². The molecule has 78 valence electrons. The molecule has 0 radical (unpaired) electrons. The van der Waals surface area contributed by atoms with Crippen LogP contribution in [0, 0.1) is 5.92 Å². The van der Waals surface area contributed by atoms with Crippen LogP contribution in [0.3, 0.4) is 0 Å². The zero-order valence-electron chi connectivity index (χ0n) is 8.19. The molecule has 0 atom stereocenters. The summed E-state index contributed by atoms with van der Waals surface area (Å²) in [6, 6.07) is 0.533. The van der Waals surface area contributed by atoms with E-state index in [1.54, 1.807) is 6.20 Å². The van der Waals surface area contributed by atoms with Crippen LogP contribution in [-0.4, -0.2) is 16.3 Å². The van der Waals surface area contributed by atoms with E-state index in [1.807, 2.05) is 10.9 Å². The van der Waals surface area contributed by atoms with Gasteiger partial charge in [-0.25, -0.2) is 0 Å². The fourth-order valence-corrected chi connectivity index (χ4v) is 2.30. The number of nitrogens with two attached hydrogens (primary N) is 1. The molecule has 3 nitrogen and oxygen atoms in total. The average molecular weight is 214 g/mol. The minimum atomic E-state index is 0.533. The quantitative estimate of drug-likeness (QED) is 0.819. The molecule has 1 aliphatic carbocycles. The number of nitrogens with zero attached hydrogens (tertiary/aromatic N) is 2. The predicted octanol–water partition coefficient (Wildman–Crippen LogP) is 2.23. The Balaban J connectivity index is 1.95. The van der Waals surface area contributed by atoms with Crippen LogP contribution < -0.4 is 5.73 Å². The maximum absolute atomic E-state index is 5.83. The molecule has 1 saturated carbocycles. The van der Waals surface area contributed by atoms with E-state index < -0.39 is 0 Å². The normalized spacial score (nSPS) is 27.9. The van der Waals surface area contributed by atoms with Gasteiger partial charge in [0.05, 0.1) is 17.3 Å². The highest BCUT2D eigenvalue weighted by molar-refractivity contribution is 6.30. The van der Waals surface area contributed by atoms with E-state index in [4.69, 9.17) is 17.3 Å². The molecule has 1 fully saturated rings. The van der Waals surface area contributed by atoms with Gasteiger partial charge in [-0.05, 0) is 38.1 Å². The van der Waals surface area contributed by atoms with Crippen molar-refractivity contribution in [1.29, 1.82) is 0 Å². The summed E-state index contributed by atoms with van der Waals surface area (Å²) in [7, 11) is 0. The number of hydrogen-bond donors (Lipinski definition) is 1. The van der Waals surface area contributed by atoms with Gasteiger partial charge in [0.25, 0.3) is 0 Å². The summed E-state index contributed by atoms with van der Waals surface area (Å²) < 4.78 is 2.00. The van der Waals surface area contributed by atoms with Crippen LogP contribution in [-0.2, 0) is 0 Å². The van der Waals surface area contributed by atoms with Crippen LogP contribution in [0.1, 0.15) is 31.7 Å². The minimum Gasteiger partial charge on any atom is -0.330 e. The van der Waals surface area contributed by atoms with Gasteiger partial charge in [-0.3, -0.25) is 4.68 Å². The summed E-state index contributed by atoms with van der Waals surface area (Å²) in [6.45, 7) is 0.826. The standard InChI is InChI=1S/C10H16ClN3/c11-9-6-13-14(7-9)10-3-1-8(5-12)2-4-10/h6-8,10H,1-5,12H2. The molecule has 2 N–H and O–H groups in total. The Labute approximate surface area is 89.2 Å². The molecular weight excluding hydrogens is 198 g/mol. The van der Waals surface area contributed by atoms with Crippen LogP contribution in [0.15, 0.2) is 12.4 Å². The van der Waals surface area contributed by atoms with Gasteiger partial charge in [-0.15, -0.1) is 0 Å². The number of aromatic nitrogens is 2. The van der Waals surface area contributed by atoms with E-state index in [1.165, 1.54) is 25.7 Å². The van der Waals surface area contributed by atoms with Gasteiger partial charge in [0.15, 0.2) is 0 Å². The number of hydrogen-bond acceptors (Lipinski definition) is 2. The predicted molar refractivity (Wildman–Crippen MR) is 57.3 cm³/mol. The third kappa shape index (κ3) is 2.10. The molecule has 1 aliphatic rings. The maximum atomic E-state index is 5.83. The van der Waals surface area contributed by atoms with Gasteiger partial charge in [-0.1, -0.05) is 11.6 Å². The van der Waals surface area contributed by atoms with Crippen molar-refractivity contribution in [3.8, 4) is 0 Å². The van der Waals surface area contributed by atoms with Gasteiger partial charge < -0.3 is 5.73 Å². The molecule has 14 heavy (non-hydrogen) atoms. The Morgan fingerprint density at radius 3 is 2.64 bits per heavy atom. The van der Waals surface area contributed by atoms with Gasteiger partial charge in [0.1, 0.15) is 0 Å². The molecule has 0 spiro atoms. The lowest BCUT2D eigenvalue weighted by molar-refractivity contribution is 0.265. The Kier molecular flexibility index (Phi) is 3.08. The first-order chi connectivity index (χ1) is 6.79. The molecule has 1 aromatic heterocycles. The summed E-state index contributed by atoms with van der Waals surface area (Å²) >= 11 is 5.83. The maximum Gasteiger partial charge on any atom is 0.0785 e. The molecule has 1 heterocycles. The Hall–Kier alpha value is -0.540. The fourth-order valence-electron chi connectivity index (χ4n) is 2.16. The summed E-state index contributed by atoms with van der Waals surface area (Å²) in [6.07, 6.45) is 8.42. The minimum absolute atomic E-state index is 0.533. The van der Waals surface area contributed by atoms with Crippen LogP contribution in [0.5, 0.6) is 0 Å². The van der Waals surface area contributed by atoms with E-state index >= 15 is 0 Å². The van der Waals surface area contributed by atoms with E-state index in [0.717, 1.165) is 17.5 Å². The largest absolute Gasteiger partial charge is 0.330 e. The first-order valence-electron chi connectivity index (χ1n) is 5.19. The zero-order valence-corrected chi connectivity index (χ0v) is 8.95. The van der Waals surface area contributed by atoms with Gasteiger partial charge in [-0.2, -0.15) is 5.10 Å². The average Bonchev–Trinajstić information content (AvgIpc) is 2.65. The second kappa shape index (κ2) is 4.32. The van der Waals surface area contributed by atoms with Crippen molar-refractivity contribution in [2.24, 2.45) is 11.7 Å². The third-order valence-corrected chi connectivity index (χ3v) is 3.29. The second-order valence-electron chi connectivity index (χ2n) is 4.05. The lowest BCUT2D eigenvalue weighted by Crippen LogP contribution is -2.23. The third-order valence-electron chi connectivity index (χ3n) is 3.09. The summed E-state index contributed by atoms with van der Waals surface area (Å²) in [5, 5.41) is 4.97. The molecule has 0 unspecified atom stereocenters. The SMILES string of the molecule is NCC1CCC(n2cc(Cl)cn2)CC1. The lowest BCUT2D eigenvalue weighted by Gasteiger charge is -2.27. The highest BCUT2D eigenvalue weighted by atomic mass is 35.5. The van der Waals surface area contributed by atoms with E-state index in [9.17, 15) is 0 Å². The van der Waals surface area contributed by atoms with Crippen LogP contribution >= 0.6 is 11.6 Å². The number of rotatable bonds is 2. The molecule has 0 bridgehead atoms. The summed E-state index contributed by atoms with van der Waals surface area (Å²) in [4.78, 5) is 0. The van der Waals surface area contributed by atoms with Crippen LogP contribution in [0.25, 0.3) is 0 Å². The summed E-state index contributed by atoms with van der Waals surface area (Å²) in [5.74, 6) is 0.720. The van der Waals surface area contributed by atoms with Crippen molar-refractivity contribution in [3.63, 3.8) is 0 Å². The van der Waals surface area contributed by atoms with Crippen molar-refractivity contribution in [2.45, 2.75) is 31.7 Å². The molecular formula is C10H16ClN3. The Bertz CT molecular complexity index is 289. The smallest absolute Gasteiger partial charge is 0.0785 e. The zero-order chi connectivity index (χ0) is 9.97. The van der Waals surface area contributed by atoms with Gasteiger partial charge in [0, 0.05) is 6.20 Å². The van der Waals surface area contributed by atoms with Crippen molar-refractivity contribution < 1.29 is 0 Å². The van der Waals surface area contributed by atoms with Crippen LogP contribution in [0.2, 0.25) is 5.02 Å². The Morgan fingerprint density at radius 2 is 2.14 bits per heavy atom. The van der Waals surface area contributed by atoms with E-state index in [-0.39, 0.29) is 0 Å². The van der Waals surface area contributed by atoms with Crippen molar-refractivity contribution in [1.82, 2.24) is 9.78 Å². The Morgan fingerprint density at radius 1 is 1.43 bits per heavy atom. The number of halogens is 1. The first kappa shape index (κ1) is 9.99. The molecule has 0 aliphatic heterocycles. The van der Waals surface area contributed by atoms with Gasteiger partial charge >= 0.3 is 0 Å². The summed E-state index contributed by atoms with van der Waals surface area (Å²) in [5.41, 5.74) is 5.65. The van der Waals surface area contributed by atoms with E-state index in [2.05, 4.69) is 5.10 Å². The first-order valence-corrected chi connectivity index (χ1v) is 5.57. The van der Waals surface area contributed by atoms with Crippen LogP contribution in [0.4, 0.5) is 0 Å². The van der Waals surface area contributed by atoms with Crippen molar-refractivity contribution in [2.75, 3.05) is 6.54 Å². The molecule has 1 aromatic rings. The molecule has 0 amide bonds. The van der Waals surface area contributed by atoms with E-state index in [0.29, 0.717) is 6.04 Å². The fraction of sp³-hybridized carbons (Fsp3) is 0.700. The molecule has 2 rings (SSSR count). The highest BCUT2D eigenvalue weighted by Crippen LogP contribution is 2.31. The van der Waals surface area contributed by atoms with Crippen molar-refractivity contribution >= 4 is 11.6 Å². The second-order valence-corrected chi connectivity index (χ2v) is 4.49. The molecule has 0 aromatic carbocycles.